The highest BCUT2D eigenvalue weighted by molar-refractivity contribution is 5.90. The summed E-state index contributed by atoms with van der Waals surface area (Å²) in [6.45, 7) is 1.93. The van der Waals surface area contributed by atoms with Crippen molar-refractivity contribution in [2.24, 2.45) is 0 Å². The topological polar surface area (TPSA) is 66.6 Å². The molecular weight excluding hydrogens is 216 g/mol. The lowest BCUT2D eigenvalue weighted by atomic mass is 10.1. The quantitative estimate of drug-likeness (QED) is 0.771. The average Bonchev–Trinajstić information content (AvgIpc) is 2.58. The third kappa shape index (κ3) is 2.70. The number of nitrogens with zero attached hydrogens (tertiary/aromatic N) is 1. The van der Waals surface area contributed by atoms with Crippen molar-refractivity contribution in [2.45, 2.75) is 25.7 Å². The highest BCUT2D eigenvalue weighted by Crippen LogP contribution is 2.27. The Morgan fingerprint density at radius 2 is 1.82 bits per heavy atom. The highest BCUT2D eigenvalue weighted by atomic mass is 16.4. The lowest BCUT2D eigenvalue weighted by Crippen LogP contribution is -2.25. The van der Waals surface area contributed by atoms with E-state index in [1.165, 1.54) is 12.8 Å². The minimum atomic E-state index is -0.902. The van der Waals surface area contributed by atoms with E-state index in [0.29, 0.717) is 11.3 Å². The van der Waals surface area contributed by atoms with Crippen LogP contribution < -0.4 is 10.6 Å². The molecule has 0 aromatic heterocycles. The van der Waals surface area contributed by atoms with E-state index in [9.17, 15) is 4.79 Å². The summed E-state index contributed by atoms with van der Waals surface area (Å²) in [6, 6.07) is 4.92. The summed E-state index contributed by atoms with van der Waals surface area (Å²) in [4.78, 5) is 13.2. The molecule has 0 amide bonds. The number of carbonyl (C=O) groups is 1. The molecule has 0 saturated carbocycles. The third-order valence-electron chi connectivity index (χ3n) is 3.22. The second-order valence-corrected chi connectivity index (χ2v) is 4.48. The van der Waals surface area contributed by atoms with Crippen LogP contribution in [0.1, 0.15) is 36.0 Å². The first-order chi connectivity index (χ1) is 8.18. The zero-order valence-corrected chi connectivity index (χ0v) is 9.85. The maximum atomic E-state index is 11.0. The number of rotatable bonds is 2. The van der Waals surface area contributed by atoms with E-state index >= 15 is 0 Å². The van der Waals surface area contributed by atoms with Gasteiger partial charge in [0, 0.05) is 13.1 Å². The van der Waals surface area contributed by atoms with Gasteiger partial charge in [0.25, 0.3) is 0 Å². The van der Waals surface area contributed by atoms with Crippen molar-refractivity contribution in [3.05, 3.63) is 23.8 Å². The van der Waals surface area contributed by atoms with E-state index in [1.54, 1.807) is 18.2 Å². The average molecular weight is 234 g/mol. The van der Waals surface area contributed by atoms with Crippen LogP contribution in [0.15, 0.2) is 18.2 Å². The van der Waals surface area contributed by atoms with Gasteiger partial charge in [0.15, 0.2) is 0 Å². The monoisotopic (exact) mass is 234 g/mol. The van der Waals surface area contributed by atoms with Crippen molar-refractivity contribution < 1.29 is 9.90 Å². The fourth-order valence-corrected chi connectivity index (χ4v) is 2.26. The van der Waals surface area contributed by atoms with Crippen molar-refractivity contribution in [1.29, 1.82) is 0 Å². The molecule has 0 bridgehead atoms. The van der Waals surface area contributed by atoms with E-state index < -0.39 is 5.97 Å². The van der Waals surface area contributed by atoms with Gasteiger partial charge in [-0.1, -0.05) is 12.8 Å². The Morgan fingerprint density at radius 3 is 2.41 bits per heavy atom. The number of carboxylic acid groups (broad SMARTS) is 1. The number of nitrogen functional groups attached to an aromatic ring is 1. The normalized spacial score (nSPS) is 16.6. The zero-order valence-electron chi connectivity index (χ0n) is 9.85. The summed E-state index contributed by atoms with van der Waals surface area (Å²) in [5.74, 6) is -0.902. The Balaban J connectivity index is 2.28. The van der Waals surface area contributed by atoms with Gasteiger partial charge in [0.05, 0.1) is 16.9 Å². The first-order valence-corrected chi connectivity index (χ1v) is 6.06. The van der Waals surface area contributed by atoms with Crippen LogP contribution >= 0.6 is 0 Å². The van der Waals surface area contributed by atoms with E-state index in [4.69, 9.17) is 10.8 Å². The van der Waals surface area contributed by atoms with Gasteiger partial charge in [-0.15, -0.1) is 0 Å². The van der Waals surface area contributed by atoms with Gasteiger partial charge in [-0.05, 0) is 31.0 Å². The second kappa shape index (κ2) is 5.08. The van der Waals surface area contributed by atoms with Crippen molar-refractivity contribution in [1.82, 2.24) is 0 Å². The predicted molar refractivity (Wildman–Crippen MR) is 68.5 cm³/mol. The number of benzene rings is 1. The molecule has 1 heterocycles. The number of nitrogens with two attached hydrogens (primary N) is 1. The lowest BCUT2D eigenvalue weighted by molar-refractivity contribution is 0.0697. The van der Waals surface area contributed by atoms with Gasteiger partial charge in [0.2, 0.25) is 0 Å². The standard InChI is InChI=1S/C13H18N2O2/c14-11-6-5-10(13(16)17)9-12(11)15-7-3-1-2-4-8-15/h5-6,9H,1-4,7-8,14H2,(H,16,17). The van der Waals surface area contributed by atoms with Gasteiger partial charge >= 0.3 is 5.97 Å². The maximum Gasteiger partial charge on any atom is 0.335 e. The molecule has 1 aliphatic heterocycles. The number of anilines is 2. The fraction of sp³-hybridized carbons (Fsp3) is 0.462. The van der Waals surface area contributed by atoms with Crippen LogP contribution in [0.2, 0.25) is 0 Å². The van der Waals surface area contributed by atoms with Crippen LogP contribution in [0.5, 0.6) is 0 Å². The van der Waals surface area contributed by atoms with E-state index in [-0.39, 0.29) is 0 Å². The summed E-state index contributed by atoms with van der Waals surface area (Å²) in [5.41, 5.74) is 7.77. The van der Waals surface area contributed by atoms with E-state index in [1.807, 2.05) is 0 Å². The Morgan fingerprint density at radius 1 is 1.18 bits per heavy atom. The molecule has 92 valence electrons. The largest absolute Gasteiger partial charge is 0.478 e. The smallest absolute Gasteiger partial charge is 0.335 e. The molecule has 4 nitrogen and oxygen atoms in total. The van der Waals surface area contributed by atoms with Crippen LogP contribution in [-0.2, 0) is 0 Å². The number of hydrogen-bond donors (Lipinski definition) is 2. The van der Waals surface area contributed by atoms with Gasteiger partial charge in [-0.3, -0.25) is 0 Å². The summed E-state index contributed by atoms with van der Waals surface area (Å²) >= 11 is 0. The molecule has 1 fully saturated rings. The van der Waals surface area contributed by atoms with E-state index in [2.05, 4.69) is 4.90 Å². The molecule has 0 unspecified atom stereocenters. The Hall–Kier alpha value is -1.71. The van der Waals surface area contributed by atoms with Crippen LogP contribution in [-0.4, -0.2) is 24.2 Å². The highest BCUT2D eigenvalue weighted by Gasteiger charge is 2.14. The van der Waals surface area contributed by atoms with Crippen molar-refractivity contribution in [3.8, 4) is 0 Å². The second-order valence-electron chi connectivity index (χ2n) is 4.48. The van der Waals surface area contributed by atoms with Crippen LogP contribution in [0, 0.1) is 0 Å². The third-order valence-corrected chi connectivity index (χ3v) is 3.22. The molecule has 17 heavy (non-hydrogen) atoms. The molecule has 4 heteroatoms. The van der Waals surface area contributed by atoms with Crippen molar-refractivity contribution >= 4 is 17.3 Å². The summed E-state index contributed by atoms with van der Waals surface area (Å²) < 4.78 is 0. The molecule has 0 aliphatic carbocycles. The Bertz CT molecular complexity index is 410. The number of aromatic carboxylic acids is 1. The van der Waals surface area contributed by atoms with Gasteiger partial charge in [0.1, 0.15) is 0 Å². The van der Waals surface area contributed by atoms with Gasteiger partial charge < -0.3 is 15.7 Å². The minimum Gasteiger partial charge on any atom is -0.478 e. The molecule has 3 N–H and O–H groups in total. The molecule has 1 aromatic rings. The molecule has 2 rings (SSSR count). The van der Waals surface area contributed by atoms with Crippen LogP contribution in [0.25, 0.3) is 0 Å². The molecular formula is C13H18N2O2. The molecule has 0 spiro atoms. The Kier molecular flexibility index (Phi) is 3.52. The van der Waals surface area contributed by atoms with Gasteiger partial charge in [-0.25, -0.2) is 4.79 Å². The maximum absolute atomic E-state index is 11.0. The SMILES string of the molecule is Nc1ccc(C(=O)O)cc1N1CCCCCC1. The molecule has 0 atom stereocenters. The fourth-order valence-electron chi connectivity index (χ4n) is 2.26. The van der Waals surface area contributed by atoms with Crippen molar-refractivity contribution in [3.63, 3.8) is 0 Å². The first-order valence-electron chi connectivity index (χ1n) is 6.06. The van der Waals surface area contributed by atoms with Gasteiger partial charge in [-0.2, -0.15) is 0 Å². The minimum absolute atomic E-state index is 0.304. The molecule has 1 aliphatic rings. The first kappa shape index (κ1) is 11.8. The summed E-state index contributed by atoms with van der Waals surface area (Å²) in [7, 11) is 0. The van der Waals surface area contributed by atoms with Crippen molar-refractivity contribution in [2.75, 3.05) is 23.7 Å². The number of hydrogen-bond acceptors (Lipinski definition) is 3. The molecule has 1 saturated heterocycles. The van der Waals surface area contributed by atoms with Crippen LogP contribution in [0.3, 0.4) is 0 Å². The zero-order chi connectivity index (χ0) is 12.3. The van der Waals surface area contributed by atoms with Crippen LogP contribution in [0.4, 0.5) is 11.4 Å². The Labute approximate surface area is 101 Å². The van der Waals surface area contributed by atoms with E-state index in [0.717, 1.165) is 31.6 Å². The summed E-state index contributed by atoms with van der Waals surface area (Å²) in [6.07, 6.45) is 4.79. The summed E-state index contributed by atoms with van der Waals surface area (Å²) in [5, 5.41) is 8.99. The predicted octanol–water partition coefficient (Wildman–Crippen LogP) is 2.35. The lowest BCUT2D eigenvalue weighted by Gasteiger charge is -2.24. The molecule has 0 radical (unpaired) electrons. The molecule has 1 aromatic carbocycles. The number of carboxylic acids is 1.